The minimum Gasteiger partial charge on any atom is -0.478 e. The summed E-state index contributed by atoms with van der Waals surface area (Å²) >= 11 is 0. The summed E-state index contributed by atoms with van der Waals surface area (Å²) in [4.78, 5) is 34.7. The summed E-state index contributed by atoms with van der Waals surface area (Å²) in [6, 6.07) is 2.17. The molecule has 10 heteroatoms. The monoisotopic (exact) mass is 358 g/mol. The largest absolute Gasteiger partial charge is 0.478 e. The van der Waals surface area contributed by atoms with Crippen molar-refractivity contribution in [1.82, 2.24) is 4.90 Å². The molecule has 0 heterocycles. The van der Waals surface area contributed by atoms with E-state index in [-0.39, 0.29) is 17.1 Å². The van der Waals surface area contributed by atoms with E-state index in [9.17, 15) is 28.1 Å². The van der Waals surface area contributed by atoms with E-state index in [0.29, 0.717) is 0 Å². The third-order valence-corrected chi connectivity index (χ3v) is 5.41. The van der Waals surface area contributed by atoms with Gasteiger partial charge in [-0.15, -0.1) is 0 Å². The van der Waals surface area contributed by atoms with Gasteiger partial charge in [-0.25, -0.2) is 13.2 Å². The number of nitrogens with zero attached hydrogens (tertiary/aromatic N) is 2. The van der Waals surface area contributed by atoms with Crippen LogP contribution in [0.15, 0.2) is 18.2 Å². The van der Waals surface area contributed by atoms with E-state index in [0.717, 1.165) is 23.1 Å². The van der Waals surface area contributed by atoms with Crippen LogP contribution in [0, 0.1) is 10.1 Å². The van der Waals surface area contributed by atoms with E-state index < -0.39 is 43.9 Å². The maximum atomic E-state index is 12.4. The van der Waals surface area contributed by atoms with E-state index in [4.69, 9.17) is 5.11 Å². The second kappa shape index (κ2) is 7.39. The Kier molecular flexibility index (Phi) is 6.02. The number of hydrogen-bond acceptors (Lipinski definition) is 6. The summed E-state index contributed by atoms with van der Waals surface area (Å²) in [7, 11) is -1.96. The molecule has 0 aliphatic carbocycles. The highest BCUT2D eigenvalue weighted by Gasteiger charge is 2.24. The van der Waals surface area contributed by atoms with Gasteiger partial charge in [0.2, 0.25) is 0 Å². The lowest BCUT2D eigenvalue weighted by Gasteiger charge is -2.24. The van der Waals surface area contributed by atoms with Crippen molar-refractivity contribution in [2.24, 2.45) is 0 Å². The molecule has 132 valence electrons. The molecular formula is C14H18N2O7S. The van der Waals surface area contributed by atoms with Gasteiger partial charge < -0.3 is 10.0 Å². The van der Waals surface area contributed by atoms with Gasteiger partial charge in [0.1, 0.15) is 0 Å². The molecule has 1 rings (SSSR count). The molecule has 1 unspecified atom stereocenters. The second-order valence-electron chi connectivity index (χ2n) is 5.29. The Balaban J connectivity index is 3.18. The van der Waals surface area contributed by atoms with Crippen LogP contribution in [0.1, 0.15) is 34.6 Å². The average molecular weight is 358 g/mol. The fraction of sp³-hybridized carbons (Fsp3) is 0.429. The van der Waals surface area contributed by atoms with Crippen molar-refractivity contribution >= 4 is 27.4 Å². The molecule has 0 aromatic heterocycles. The molecule has 1 amide bonds. The second-order valence-corrected chi connectivity index (χ2v) is 7.69. The van der Waals surface area contributed by atoms with Crippen molar-refractivity contribution < 1.29 is 28.0 Å². The van der Waals surface area contributed by atoms with Crippen LogP contribution < -0.4 is 0 Å². The molecule has 1 N–H and O–H groups in total. The molecule has 0 aliphatic heterocycles. The lowest BCUT2D eigenvalue weighted by atomic mass is 10.1. The normalized spacial score (nSPS) is 12.5. The number of carboxylic acid groups (broad SMARTS) is 1. The van der Waals surface area contributed by atoms with Crippen LogP contribution in [-0.2, 0) is 9.84 Å². The smallest absolute Gasteiger partial charge is 0.335 e. The van der Waals surface area contributed by atoms with E-state index in [2.05, 4.69) is 0 Å². The molecule has 0 bridgehead atoms. The highest BCUT2D eigenvalue weighted by Crippen LogP contribution is 2.19. The average Bonchev–Trinajstić information content (AvgIpc) is 2.52. The number of rotatable bonds is 7. The number of amides is 1. The summed E-state index contributed by atoms with van der Waals surface area (Å²) in [5.74, 6) is -2.43. The molecule has 1 aromatic carbocycles. The first-order valence-corrected chi connectivity index (χ1v) is 8.81. The SMILES string of the molecule is CCS(=O)(=O)CC(C)N(C)C(=O)c1cc(C(=O)O)cc([N+](=O)[O-])c1. The van der Waals surface area contributed by atoms with Crippen molar-refractivity contribution in [2.45, 2.75) is 19.9 Å². The molecule has 24 heavy (non-hydrogen) atoms. The van der Waals surface area contributed by atoms with E-state index >= 15 is 0 Å². The molecule has 0 fully saturated rings. The lowest BCUT2D eigenvalue weighted by molar-refractivity contribution is -0.384. The number of carbonyl (C=O) groups excluding carboxylic acids is 1. The van der Waals surface area contributed by atoms with E-state index in [1.807, 2.05) is 0 Å². The Labute approximate surface area is 139 Å². The van der Waals surface area contributed by atoms with Crippen molar-refractivity contribution in [3.63, 3.8) is 0 Å². The topological polar surface area (TPSA) is 135 Å². The van der Waals surface area contributed by atoms with Crippen LogP contribution in [-0.4, -0.2) is 59.8 Å². The third-order valence-electron chi connectivity index (χ3n) is 3.54. The van der Waals surface area contributed by atoms with Gasteiger partial charge in [0, 0.05) is 36.5 Å². The standard InChI is InChI=1S/C14H18N2O7S/c1-4-24(22,23)8-9(2)15(3)13(17)10-5-11(14(18)19)7-12(6-10)16(20)21/h5-7,9H,4,8H2,1-3H3,(H,18,19). The zero-order valence-corrected chi connectivity index (χ0v) is 14.2. The maximum Gasteiger partial charge on any atom is 0.335 e. The Morgan fingerprint density at radius 2 is 1.83 bits per heavy atom. The van der Waals surface area contributed by atoms with Gasteiger partial charge in [-0.1, -0.05) is 6.92 Å². The van der Waals surface area contributed by atoms with Crippen LogP contribution in [0.2, 0.25) is 0 Å². The maximum absolute atomic E-state index is 12.4. The first-order valence-electron chi connectivity index (χ1n) is 6.99. The van der Waals surface area contributed by atoms with Gasteiger partial charge >= 0.3 is 5.97 Å². The minimum absolute atomic E-state index is 0.0701. The van der Waals surface area contributed by atoms with Crippen LogP contribution >= 0.6 is 0 Å². The number of non-ortho nitro benzene ring substituents is 1. The van der Waals surface area contributed by atoms with Gasteiger partial charge in [0.05, 0.1) is 16.2 Å². The summed E-state index contributed by atoms with van der Waals surface area (Å²) < 4.78 is 23.3. The number of hydrogen-bond donors (Lipinski definition) is 1. The van der Waals surface area contributed by atoms with E-state index in [1.54, 1.807) is 0 Å². The Morgan fingerprint density at radius 3 is 2.29 bits per heavy atom. The van der Waals surface area contributed by atoms with Crippen molar-refractivity contribution in [1.29, 1.82) is 0 Å². The summed E-state index contributed by atoms with van der Waals surface area (Å²) in [6.07, 6.45) is 0. The number of benzene rings is 1. The zero-order chi connectivity index (χ0) is 18.7. The first-order chi connectivity index (χ1) is 11.0. The van der Waals surface area contributed by atoms with Gasteiger partial charge in [-0.3, -0.25) is 14.9 Å². The fourth-order valence-corrected chi connectivity index (χ4v) is 3.16. The molecule has 0 radical (unpaired) electrons. The minimum atomic E-state index is -3.32. The number of nitro benzene ring substituents is 1. The molecule has 0 spiro atoms. The number of carboxylic acids is 1. The Hall–Kier alpha value is -2.49. The highest BCUT2D eigenvalue weighted by atomic mass is 32.2. The van der Waals surface area contributed by atoms with Gasteiger partial charge in [0.25, 0.3) is 11.6 Å². The van der Waals surface area contributed by atoms with Crippen LogP contribution in [0.5, 0.6) is 0 Å². The molecular weight excluding hydrogens is 340 g/mol. The van der Waals surface area contributed by atoms with Gasteiger partial charge in [0.15, 0.2) is 9.84 Å². The molecule has 9 nitrogen and oxygen atoms in total. The van der Waals surface area contributed by atoms with Crippen molar-refractivity contribution in [3.8, 4) is 0 Å². The third kappa shape index (κ3) is 4.75. The molecule has 0 saturated carbocycles. The predicted octanol–water partition coefficient (Wildman–Crippen LogP) is 1.19. The first kappa shape index (κ1) is 19.6. The van der Waals surface area contributed by atoms with Gasteiger partial charge in [-0.05, 0) is 13.0 Å². The van der Waals surface area contributed by atoms with E-state index in [1.165, 1.54) is 20.9 Å². The number of aromatic carboxylic acids is 1. The zero-order valence-electron chi connectivity index (χ0n) is 13.4. The van der Waals surface area contributed by atoms with Gasteiger partial charge in [-0.2, -0.15) is 0 Å². The van der Waals surface area contributed by atoms with Crippen molar-refractivity contribution in [3.05, 3.63) is 39.4 Å². The molecule has 1 aromatic rings. The number of sulfone groups is 1. The highest BCUT2D eigenvalue weighted by molar-refractivity contribution is 7.91. The number of nitro groups is 1. The number of carbonyl (C=O) groups is 2. The quantitative estimate of drug-likeness (QED) is 0.571. The fourth-order valence-electron chi connectivity index (χ4n) is 1.96. The van der Waals surface area contributed by atoms with Crippen LogP contribution in [0.4, 0.5) is 5.69 Å². The molecule has 0 saturated heterocycles. The lowest BCUT2D eigenvalue weighted by Crippen LogP contribution is -2.39. The Bertz CT molecular complexity index is 741. The summed E-state index contributed by atoms with van der Waals surface area (Å²) in [5.41, 5.74) is -1.11. The summed E-state index contributed by atoms with van der Waals surface area (Å²) in [6.45, 7) is 3.02. The van der Waals surface area contributed by atoms with Crippen molar-refractivity contribution in [2.75, 3.05) is 18.6 Å². The molecule has 0 aliphatic rings. The predicted molar refractivity (Wildman–Crippen MR) is 85.9 cm³/mol. The van der Waals surface area contributed by atoms with Crippen LogP contribution in [0.3, 0.4) is 0 Å². The molecule has 1 atom stereocenters. The summed E-state index contributed by atoms with van der Waals surface area (Å²) in [5, 5.41) is 19.9. The Morgan fingerprint density at radius 1 is 1.29 bits per heavy atom. The van der Waals surface area contributed by atoms with Crippen LogP contribution in [0.25, 0.3) is 0 Å².